The van der Waals surface area contributed by atoms with E-state index >= 15 is 0 Å². The molecule has 0 radical (unpaired) electrons. The van der Waals surface area contributed by atoms with Crippen molar-refractivity contribution in [2.45, 2.75) is 37.2 Å². The Labute approximate surface area is 167 Å². The fraction of sp³-hybridized carbons (Fsp3) is 0.278. The van der Waals surface area contributed by atoms with Crippen LogP contribution in [0.4, 0.5) is 0 Å². The van der Waals surface area contributed by atoms with Crippen LogP contribution in [0.2, 0.25) is 0 Å². The van der Waals surface area contributed by atoms with E-state index in [0.29, 0.717) is 17.7 Å². The first-order valence-electron chi connectivity index (χ1n) is 8.42. The van der Waals surface area contributed by atoms with Gasteiger partial charge in [-0.1, -0.05) is 37.2 Å². The van der Waals surface area contributed by atoms with E-state index in [1.165, 1.54) is 4.88 Å². The lowest BCUT2D eigenvalue weighted by Gasteiger charge is -2.10. The molecule has 1 aromatic carbocycles. The predicted molar refractivity (Wildman–Crippen MR) is 111 cm³/mol. The third-order valence-electron chi connectivity index (χ3n) is 4.19. The third-order valence-corrected chi connectivity index (χ3v) is 6.97. The number of rotatable bonds is 6. The van der Waals surface area contributed by atoms with Crippen molar-refractivity contribution in [2.24, 2.45) is 0 Å². The molecule has 4 rings (SSSR count). The highest BCUT2D eigenvalue weighted by molar-refractivity contribution is 9.11. The van der Waals surface area contributed by atoms with E-state index in [1.807, 2.05) is 28.7 Å². The summed E-state index contributed by atoms with van der Waals surface area (Å²) in [6.07, 6.45) is 1.96. The van der Waals surface area contributed by atoms with Gasteiger partial charge in [0.1, 0.15) is 0 Å². The van der Waals surface area contributed by atoms with Gasteiger partial charge in [0.25, 0.3) is 5.56 Å². The van der Waals surface area contributed by atoms with E-state index in [1.54, 1.807) is 27.7 Å². The zero-order valence-corrected chi connectivity index (χ0v) is 17.4. The number of unbranched alkanes of at least 4 members (excludes halogenated alkanes) is 1. The topological polar surface area (TPSA) is 52.2 Å². The highest BCUT2D eigenvalue weighted by Gasteiger charge is 2.16. The lowest BCUT2D eigenvalue weighted by Crippen LogP contribution is -2.23. The van der Waals surface area contributed by atoms with Crippen molar-refractivity contribution in [1.29, 1.82) is 0 Å². The molecule has 4 aromatic rings. The van der Waals surface area contributed by atoms with Gasteiger partial charge in [-0.3, -0.25) is 13.8 Å². The van der Waals surface area contributed by atoms with E-state index in [2.05, 4.69) is 45.2 Å². The number of halogens is 1. The van der Waals surface area contributed by atoms with E-state index < -0.39 is 0 Å². The van der Waals surface area contributed by atoms with Gasteiger partial charge in [0.2, 0.25) is 5.78 Å². The van der Waals surface area contributed by atoms with E-state index in [9.17, 15) is 4.79 Å². The number of aryl methyl sites for hydroxylation is 1. The van der Waals surface area contributed by atoms with E-state index in [0.717, 1.165) is 33.1 Å². The minimum absolute atomic E-state index is 0.00712. The highest BCUT2D eigenvalue weighted by atomic mass is 79.9. The third kappa shape index (κ3) is 3.21. The molecule has 0 aliphatic carbocycles. The second kappa shape index (κ2) is 7.54. The fourth-order valence-corrected chi connectivity index (χ4v) is 5.38. The maximum Gasteiger partial charge on any atom is 0.262 e. The van der Waals surface area contributed by atoms with Gasteiger partial charge in [-0.15, -0.1) is 21.5 Å². The lowest BCUT2D eigenvalue weighted by molar-refractivity contribution is 0.620. The summed E-state index contributed by atoms with van der Waals surface area (Å²) < 4.78 is 4.89. The summed E-state index contributed by atoms with van der Waals surface area (Å²) in [5, 5.41) is 10.3. The van der Waals surface area contributed by atoms with Gasteiger partial charge < -0.3 is 0 Å². The predicted octanol–water partition coefficient (Wildman–Crippen LogP) is 4.96. The Morgan fingerprint density at radius 3 is 2.81 bits per heavy atom. The van der Waals surface area contributed by atoms with Crippen LogP contribution in [0.15, 0.2) is 50.1 Å². The largest absolute Gasteiger partial charge is 0.276 e. The Morgan fingerprint density at radius 2 is 2.04 bits per heavy atom. The summed E-state index contributed by atoms with van der Waals surface area (Å²) in [6, 6.07) is 11.9. The summed E-state index contributed by atoms with van der Waals surface area (Å²) in [6.45, 7) is 2.78. The number of hydrogen-bond acceptors (Lipinski definition) is 5. The Hall–Kier alpha value is -1.64. The van der Waals surface area contributed by atoms with E-state index in [-0.39, 0.29) is 5.56 Å². The molecule has 0 spiro atoms. The molecule has 0 aliphatic rings. The number of para-hydroxylation sites is 1. The van der Waals surface area contributed by atoms with Gasteiger partial charge in [-0.05, 0) is 46.6 Å². The minimum atomic E-state index is 0.00712. The molecule has 8 heteroatoms. The number of nitrogens with zero attached hydrogens (tertiary/aromatic N) is 4. The second-order valence-electron chi connectivity index (χ2n) is 5.94. The molecule has 26 heavy (non-hydrogen) atoms. The fourth-order valence-electron chi connectivity index (χ4n) is 2.91. The van der Waals surface area contributed by atoms with Gasteiger partial charge >= 0.3 is 0 Å². The van der Waals surface area contributed by atoms with Crippen LogP contribution in [0.1, 0.15) is 24.6 Å². The highest BCUT2D eigenvalue weighted by Crippen LogP contribution is 2.29. The molecular weight excluding hydrogens is 432 g/mol. The first-order chi connectivity index (χ1) is 12.7. The molecule has 3 aromatic heterocycles. The van der Waals surface area contributed by atoms with Crippen molar-refractivity contribution in [3.63, 3.8) is 0 Å². The summed E-state index contributed by atoms with van der Waals surface area (Å²) >= 11 is 6.86. The van der Waals surface area contributed by atoms with Crippen LogP contribution < -0.4 is 5.56 Å². The Kier molecular flexibility index (Phi) is 5.15. The van der Waals surface area contributed by atoms with Crippen molar-refractivity contribution in [2.75, 3.05) is 0 Å². The first-order valence-corrected chi connectivity index (χ1v) is 11.0. The molecule has 0 amide bonds. The first kappa shape index (κ1) is 17.8. The lowest BCUT2D eigenvalue weighted by atomic mass is 10.2. The molecule has 0 aliphatic heterocycles. The average Bonchev–Trinajstić information content (AvgIpc) is 3.26. The van der Waals surface area contributed by atoms with Crippen LogP contribution in [0.3, 0.4) is 0 Å². The molecule has 0 fully saturated rings. The molecule has 0 atom stereocenters. The van der Waals surface area contributed by atoms with Crippen molar-refractivity contribution in [3.05, 3.63) is 55.4 Å². The molecule has 0 saturated carbocycles. The second-order valence-corrected chi connectivity index (χ2v) is 9.43. The monoisotopic (exact) mass is 448 g/mol. The van der Waals surface area contributed by atoms with Gasteiger partial charge in [0, 0.05) is 17.2 Å². The van der Waals surface area contributed by atoms with Crippen LogP contribution in [-0.2, 0) is 12.3 Å². The molecule has 0 unspecified atom stereocenters. The summed E-state index contributed by atoms with van der Waals surface area (Å²) in [5.41, 5.74) is 0.868. The number of aromatic nitrogens is 4. The summed E-state index contributed by atoms with van der Waals surface area (Å²) in [4.78, 5) is 14.2. The summed E-state index contributed by atoms with van der Waals surface area (Å²) in [7, 11) is 0. The number of thiophene rings is 1. The number of hydrogen-bond donors (Lipinski definition) is 0. The normalized spacial score (nSPS) is 11.6. The van der Waals surface area contributed by atoms with Crippen LogP contribution in [0.5, 0.6) is 0 Å². The molecule has 0 saturated heterocycles. The maximum atomic E-state index is 12.9. The zero-order chi connectivity index (χ0) is 18.1. The number of fused-ring (bicyclic) bond motifs is 3. The number of benzene rings is 1. The Morgan fingerprint density at radius 1 is 1.19 bits per heavy atom. The molecule has 3 heterocycles. The van der Waals surface area contributed by atoms with Crippen LogP contribution >= 0.6 is 39.0 Å². The average molecular weight is 449 g/mol. The quantitative estimate of drug-likeness (QED) is 0.391. The molecule has 0 N–H and O–H groups in total. The molecule has 134 valence electrons. The van der Waals surface area contributed by atoms with Crippen LogP contribution in [0.25, 0.3) is 16.7 Å². The zero-order valence-electron chi connectivity index (χ0n) is 14.2. The minimum Gasteiger partial charge on any atom is -0.276 e. The van der Waals surface area contributed by atoms with Gasteiger partial charge in [0.05, 0.1) is 14.7 Å². The Bertz CT molecular complexity index is 1130. The van der Waals surface area contributed by atoms with Crippen molar-refractivity contribution in [3.8, 4) is 0 Å². The van der Waals surface area contributed by atoms with Crippen LogP contribution in [-0.4, -0.2) is 19.2 Å². The smallest absolute Gasteiger partial charge is 0.262 e. The summed E-state index contributed by atoms with van der Waals surface area (Å²) in [5.74, 6) is 1.44. The standard InChI is InChI=1S/C18H17BrN4OS2/c1-2-3-10-22-16(24)13-6-4-5-7-14(13)23-17(22)20-21-18(23)25-11-12-8-9-15(19)26-12/h4-9H,2-3,10-11H2,1H3. The molecule has 5 nitrogen and oxygen atoms in total. The van der Waals surface area contributed by atoms with Crippen molar-refractivity contribution in [1.82, 2.24) is 19.2 Å². The molecular formula is C18H17BrN4OS2. The van der Waals surface area contributed by atoms with Gasteiger partial charge in [-0.2, -0.15) is 0 Å². The van der Waals surface area contributed by atoms with Gasteiger partial charge in [0.15, 0.2) is 5.16 Å². The number of thioether (sulfide) groups is 1. The van der Waals surface area contributed by atoms with Crippen molar-refractivity contribution < 1.29 is 0 Å². The van der Waals surface area contributed by atoms with Crippen LogP contribution in [0, 0.1) is 0 Å². The SMILES string of the molecule is CCCCn1c(=O)c2ccccc2n2c(SCc3ccc(Br)s3)nnc12. The molecule has 0 bridgehead atoms. The van der Waals surface area contributed by atoms with Crippen molar-refractivity contribution >= 4 is 55.7 Å². The maximum absolute atomic E-state index is 12.9. The van der Waals surface area contributed by atoms with E-state index in [4.69, 9.17) is 0 Å². The Balaban J connectivity index is 1.84. The van der Waals surface area contributed by atoms with Gasteiger partial charge in [-0.25, -0.2) is 0 Å².